The average molecular weight is 237 g/mol. The first kappa shape index (κ1) is 12.2. The van der Waals surface area contributed by atoms with Crippen molar-refractivity contribution in [2.24, 2.45) is 0 Å². The van der Waals surface area contributed by atoms with Crippen molar-refractivity contribution in [3.63, 3.8) is 0 Å². The van der Waals surface area contributed by atoms with Crippen molar-refractivity contribution in [3.8, 4) is 11.5 Å². The fourth-order valence-corrected chi connectivity index (χ4v) is 2.05. The summed E-state index contributed by atoms with van der Waals surface area (Å²) in [5.41, 5.74) is 1.17. The molecule has 2 N–H and O–H groups in total. The van der Waals surface area contributed by atoms with Gasteiger partial charge in [-0.3, -0.25) is 0 Å². The van der Waals surface area contributed by atoms with E-state index in [0.29, 0.717) is 13.2 Å². The summed E-state index contributed by atoms with van der Waals surface area (Å²) >= 11 is 0. The van der Waals surface area contributed by atoms with Crippen molar-refractivity contribution < 1.29 is 14.6 Å². The van der Waals surface area contributed by atoms with Crippen LogP contribution in [0.25, 0.3) is 0 Å². The molecule has 1 aromatic rings. The Kier molecular flexibility index (Phi) is 4.23. The van der Waals surface area contributed by atoms with Gasteiger partial charge in [0, 0.05) is 12.6 Å². The molecule has 4 heteroatoms. The maximum absolute atomic E-state index is 8.88. The number of hydrogen-bond donors (Lipinski definition) is 2. The molecule has 1 aromatic carbocycles. The van der Waals surface area contributed by atoms with Crippen LogP contribution in [-0.2, 0) is 0 Å². The maximum Gasteiger partial charge on any atom is 0.161 e. The summed E-state index contributed by atoms with van der Waals surface area (Å²) in [5, 5.41) is 12.1. The summed E-state index contributed by atoms with van der Waals surface area (Å²) in [6, 6.07) is 6.27. The van der Waals surface area contributed by atoms with E-state index >= 15 is 0 Å². The Morgan fingerprint density at radius 3 is 2.76 bits per heavy atom. The van der Waals surface area contributed by atoms with Crippen molar-refractivity contribution in [2.75, 3.05) is 26.9 Å². The molecule has 0 amide bonds. The zero-order valence-corrected chi connectivity index (χ0v) is 10.1. The highest BCUT2D eigenvalue weighted by molar-refractivity contribution is 5.44. The van der Waals surface area contributed by atoms with Crippen LogP contribution in [0.3, 0.4) is 0 Å². The van der Waals surface area contributed by atoms with Gasteiger partial charge in [-0.15, -0.1) is 0 Å². The summed E-state index contributed by atoms with van der Waals surface area (Å²) in [4.78, 5) is 0. The van der Waals surface area contributed by atoms with E-state index in [1.807, 2.05) is 25.2 Å². The fourth-order valence-electron chi connectivity index (χ4n) is 2.05. The van der Waals surface area contributed by atoms with Crippen molar-refractivity contribution in [1.29, 1.82) is 0 Å². The number of fused-ring (bicyclic) bond motifs is 1. The third-order valence-corrected chi connectivity index (χ3v) is 2.97. The smallest absolute Gasteiger partial charge is 0.161 e. The van der Waals surface area contributed by atoms with Gasteiger partial charge < -0.3 is 19.9 Å². The second kappa shape index (κ2) is 5.89. The van der Waals surface area contributed by atoms with E-state index in [1.54, 1.807) is 0 Å². The van der Waals surface area contributed by atoms with E-state index in [1.165, 1.54) is 5.56 Å². The van der Waals surface area contributed by atoms with Gasteiger partial charge in [-0.25, -0.2) is 0 Å². The van der Waals surface area contributed by atoms with Crippen LogP contribution in [0.1, 0.15) is 24.4 Å². The van der Waals surface area contributed by atoms with E-state index in [0.717, 1.165) is 24.3 Å². The Bertz CT molecular complexity index is 368. The van der Waals surface area contributed by atoms with Crippen LogP contribution < -0.4 is 14.8 Å². The molecule has 0 fully saturated rings. The van der Waals surface area contributed by atoms with Crippen LogP contribution in [0.4, 0.5) is 0 Å². The summed E-state index contributed by atoms with van der Waals surface area (Å²) in [5.74, 6) is 1.63. The van der Waals surface area contributed by atoms with Crippen LogP contribution in [-0.4, -0.2) is 32.0 Å². The number of rotatable bonds is 5. The largest absolute Gasteiger partial charge is 0.486 e. The molecule has 94 valence electrons. The number of hydrogen-bond acceptors (Lipinski definition) is 4. The predicted octanol–water partition coefficient (Wildman–Crippen LogP) is 1.49. The standard InChI is InChI=1S/C13H19NO3/c1-14-11(3-2-6-15)10-4-5-12-13(9-10)17-8-7-16-12/h4-5,9,11,14-15H,2-3,6-8H2,1H3. The molecule has 1 heterocycles. The number of aliphatic hydroxyl groups is 1. The van der Waals surface area contributed by atoms with Crippen molar-refractivity contribution in [2.45, 2.75) is 18.9 Å². The van der Waals surface area contributed by atoms with E-state index in [-0.39, 0.29) is 12.6 Å². The van der Waals surface area contributed by atoms with E-state index in [4.69, 9.17) is 14.6 Å². The fraction of sp³-hybridized carbons (Fsp3) is 0.538. The molecule has 0 saturated carbocycles. The first-order valence-electron chi connectivity index (χ1n) is 6.03. The molecule has 0 saturated heterocycles. The highest BCUT2D eigenvalue weighted by Gasteiger charge is 2.15. The summed E-state index contributed by atoms with van der Waals surface area (Å²) in [6.45, 7) is 1.45. The number of ether oxygens (including phenoxy) is 2. The molecule has 0 radical (unpaired) electrons. The minimum absolute atomic E-state index is 0.225. The van der Waals surface area contributed by atoms with Crippen LogP contribution in [0.2, 0.25) is 0 Å². The second-order valence-corrected chi connectivity index (χ2v) is 4.11. The molecule has 1 aliphatic heterocycles. The highest BCUT2D eigenvalue weighted by atomic mass is 16.6. The monoisotopic (exact) mass is 237 g/mol. The molecule has 1 aliphatic rings. The normalized spacial score (nSPS) is 15.6. The van der Waals surface area contributed by atoms with E-state index < -0.39 is 0 Å². The minimum atomic E-state index is 0.225. The SMILES string of the molecule is CNC(CCCO)c1ccc2c(c1)OCCO2. The van der Waals surface area contributed by atoms with E-state index in [9.17, 15) is 0 Å². The Morgan fingerprint density at radius 1 is 1.29 bits per heavy atom. The van der Waals surface area contributed by atoms with Crippen molar-refractivity contribution in [3.05, 3.63) is 23.8 Å². The lowest BCUT2D eigenvalue weighted by molar-refractivity contribution is 0.171. The molecule has 1 unspecified atom stereocenters. The van der Waals surface area contributed by atoms with Gasteiger partial charge in [-0.05, 0) is 37.6 Å². The van der Waals surface area contributed by atoms with Crippen molar-refractivity contribution >= 4 is 0 Å². The van der Waals surface area contributed by atoms with Crippen LogP contribution in [0.15, 0.2) is 18.2 Å². The van der Waals surface area contributed by atoms with Crippen LogP contribution in [0.5, 0.6) is 11.5 Å². The van der Waals surface area contributed by atoms with Gasteiger partial charge in [-0.2, -0.15) is 0 Å². The third-order valence-electron chi connectivity index (χ3n) is 2.97. The van der Waals surface area contributed by atoms with Gasteiger partial charge in [0.25, 0.3) is 0 Å². The lowest BCUT2D eigenvalue weighted by Gasteiger charge is -2.22. The van der Waals surface area contributed by atoms with Gasteiger partial charge >= 0.3 is 0 Å². The Morgan fingerprint density at radius 2 is 2.06 bits per heavy atom. The summed E-state index contributed by atoms with van der Waals surface area (Å²) in [7, 11) is 1.93. The average Bonchev–Trinajstić information content (AvgIpc) is 2.39. The topological polar surface area (TPSA) is 50.7 Å². The molecule has 0 spiro atoms. The van der Waals surface area contributed by atoms with Gasteiger partial charge in [0.2, 0.25) is 0 Å². The first-order chi connectivity index (χ1) is 8.35. The second-order valence-electron chi connectivity index (χ2n) is 4.11. The summed E-state index contributed by atoms with van der Waals surface area (Å²) < 4.78 is 11.0. The Balaban J connectivity index is 2.13. The predicted molar refractivity (Wildman–Crippen MR) is 65.6 cm³/mol. The molecule has 0 aromatic heterocycles. The zero-order chi connectivity index (χ0) is 12.1. The highest BCUT2D eigenvalue weighted by Crippen LogP contribution is 2.33. The lowest BCUT2D eigenvalue weighted by atomic mass is 10.0. The quantitative estimate of drug-likeness (QED) is 0.814. The van der Waals surface area contributed by atoms with Gasteiger partial charge in [0.05, 0.1) is 0 Å². The van der Waals surface area contributed by atoms with Crippen LogP contribution >= 0.6 is 0 Å². The molecule has 1 atom stereocenters. The Hall–Kier alpha value is -1.26. The molecule has 4 nitrogen and oxygen atoms in total. The molecule has 17 heavy (non-hydrogen) atoms. The number of benzene rings is 1. The number of aliphatic hydroxyl groups excluding tert-OH is 1. The minimum Gasteiger partial charge on any atom is -0.486 e. The first-order valence-corrected chi connectivity index (χ1v) is 6.03. The van der Waals surface area contributed by atoms with Crippen molar-refractivity contribution in [1.82, 2.24) is 5.32 Å². The van der Waals surface area contributed by atoms with Gasteiger partial charge in [-0.1, -0.05) is 6.07 Å². The third kappa shape index (κ3) is 2.90. The zero-order valence-electron chi connectivity index (χ0n) is 10.1. The van der Waals surface area contributed by atoms with Gasteiger partial charge in [0.15, 0.2) is 11.5 Å². The lowest BCUT2D eigenvalue weighted by Crippen LogP contribution is -2.19. The molecular formula is C13H19NO3. The summed E-state index contributed by atoms with van der Waals surface area (Å²) in [6.07, 6.45) is 1.70. The van der Waals surface area contributed by atoms with E-state index in [2.05, 4.69) is 5.32 Å². The number of nitrogens with one attached hydrogen (secondary N) is 1. The molecule has 2 rings (SSSR count). The molecule has 0 bridgehead atoms. The maximum atomic E-state index is 8.88. The molecular weight excluding hydrogens is 218 g/mol. The Labute approximate surface area is 102 Å². The molecule has 0 aliphatic carbocycles. The van der Waals surface area contributed by atoms with Crippen LogP contribution in [0, 0.1) is 0 Å². The van der Waals surface area contributed by atoms with Gasteiger partial charge in [0.1, 0.15) is 13.2 Å².